The number of carbonyl (C=O) groups excluding carboxylic acids is 1. The fraction of sp³-hybridized carbons (Fsp3) is 0.979. The lowest BCUT2D eigenvalue weighted by Gasteiger charge is -2.24. The summed E-state index contributed by atoms with van der Waals surface area (Å²) in [6.45, 7) is 4.54. The lowest BCUT2D eigenvalue weighted by Crippen LogP contribution is -2.50. The second-order valence-corrected chi connectivity index (χ2v) is 18.7. The highest BCUT2D eigenvalue weighted by Crippen LogP contribution is 2.18. The number of nitrogens with one attached hydrogen (secondary N) is 1. The van der Waals surface area contributed by atoms with Crippen molar-refractivity contribution in [1.29, 1.82) is 0 Å². The first-order valence-corrected chi connectivity index (χ1v) is 25.9. The molecule has 0 aliphatic carbocycles. The van der Waals surface area contributed by atoms with E-state index in [1.807, 2.05) is 0 Å². The summed E-state index contributed by atoms with van der Waals surface area (Å²) < 4.78 is 32.7. The molecule has 3 atom stereocenters. The largest absolute Gasteiger partial charge is 0.391 e. The molecule has 0 aliphatic heterocycles. The zero-order chi connectivity index (χ0) is 40.5. The van der Waals surface area contributed by atoms with Gasteiger partial charge >= 0.3 is 0 Å². The molecule has 0 aromatic rings. The fourth-order valence-corrected chi connectivity index (χ4v) is 8.69. The van der Waals surface area contributed by atoms with Gasteiger partial charge in [-0.25, -0.2) is 0 Å². The van der Waals surface area contributed by atoms with E-state index in [0.717, 1.165) is 44.9 Å². The molecule has 7 nitrogen and oxygen atoms in total. The van der Waals surface area contributed by atoms with E-state index < -0.39 is 40.0 Å². The van der Waals surface area contributed by atoms with Gasteiger partial charge in [0.15, 0.2) is 0 Å². The molecule has 8 heteroatoms. The minimum absolute atomic E-state index is 0.304. The van der Waals surface area contributed by atoms with Crippen molar-refractivity contribution in [3.05, 3.63) is 0 Å². The number of amides is 1. The van der Waals surface area contributed by atoms with Gasteiger partial charge in [0, 0.05) is 0 Å². The molecule has 0 fully saturated rings. The molecule has 0 aliphatic rings. The molecule has 0 spiro atoms. The molecule has 0 saturated carbocycles. The van der Waals surface area contributed by atoms with Crippen molar-refractivity contribution in [2.24, 2.45) is 0 Å². The first-order chi connectivity index (χ1) is 26.7. The number of rotatable bonds is 45. The molecule has 1 amide bonds. The molecule has 0 aromatic heterocycles. The van der Waals surface area contributed by atoms with Gasteiger partial charge in [-0.05, 0) is 12.8 Å². The van der Waals surface area contributed by atoms with Gasteiger partial charge in [-0.3, -0.25) is 9.35 Å². The van der Waals surface area contributed by atoms with Gasteiger partial charge in [0.1, 0.15) is 6.10 Å². The van der Waals surface area contributed by atoms with Crippen molar-refractivity contribution in [2.45, 2.75) is 289 Å². The number of aliphatic hydroxyl groups is 2. The average Bonchev–Trinajstić information content (AvgIpc) is 3.15. The molecule has 330 valence electrons. The Balaban J connectivity index is 3.84. The van der Waals surface area contributed by atoms with Crippen LogP contribution in [-0.2, 0) is 14.9 Å². The Hall–Kier alpha value is -0.700. The molecular weight excluding hydrogens is 707 g/mol. The third-order valence-electron chi connectivity index (χ3n) is 11.7. The third-order valence-corrected chi connectivity index (χ3v) is 12.4. The van der Waals surface area contributed by atoms with Crippen LogP contribution in [-0.4, -0.2) is 53.1 Å². The first-order valence-electron chi connectivity index (χ1n) is 24.3. The molecule has 0 bridgehead atoms. The van der Waals surface area contributed by atoms with Crippen LogP contribution >= 0.6 is 0 Å². The van der Waals surface area contributed by atoms with Crippen molar-refractivity contribution < 1.29 is 28.0 Å². The standard InChI is InChI=1S/C47H95NO6S/c1-3-5-7-9-11-13-15-17-19-21-23-24-26-28-30-32-34-36-38-40-42-46(50)47(51)48-44(43-55(52,53)54)45(49)41-39-37-35-33-31-29-27-25-22-20-18-16-14-12-10-8-6-4-2/h44-46,49-50H,3-43H2,1-2H3,(H,48,51)(H,52,53,54). The van der Waals surface area contributed by atoms with E-state index in [2.05, 4.69) is 19.2 Å². The van der Waals surface area contributed by atoms with Gasteiger partial charge in [0.2, 0.25) is 5.91 Å². The predicted octanol–water partition coefficient (Wildman–Crippen LogP) is 13.7. The second-order valence-electron chi connectivity index (χ2n) is 17.3. The number of hydrogen-bond acceptors (Lipinski definition) is 5. The second kappa shape index (κ2) is 41.5. The van der Waals surface area contributed by atoms with Crippen LogP contribution in [0.4, 0.5) is 0 Å². The van der Waals surface area contributed by atoms with Crippen LogP contribution < -0.4 is 5.32 Å². The van der Waals surface area contributed by atoms with Crippen LogP contribution in [0.2, 0.25) is 0 Å². The Labute approximate surface area is 342 Å². The SMILES string of the molecule is CCCCCCCCCCCCCCCCCCCCCCC(O)C(=O)NC(CS(=O)(=O)O)C(O)CCCCCCCCCCCCCCCCCCCC. The van der Waals surface area contributed by atoms with Gasteiger partial charge in [0.25, 0.3) is 10.1 Å². The Morgan fingerprint density at radius 3 is 0.909 bits per heavy atom. The van der Waals surface area contributed by atoms with Crippen LogP contribution in [0.25, 0.3) is 0 Å². The molecule has 4 N–H and O–H groups in total. The van der Waals surface area contributed by atoms with Crippen LogP contribution in [0, 0.1) is 0 Å². The van der Waals surface area contributed by atoms with Crippen LogP contribution in [0.5, 0.6) is 0 Å². The highest BCUT2D eigenvalue weighted by Gasteiger charge is 2.28. The van der Waals surface area contributed by atoms with E-state index in [-0.39, 0.29) is 0 Å². The number of hydrogen-bond donors (Lipinski definition) is 4. The normalized spacial score (nSPS) is 13.6. The van der Waals surface area contributed by atoms with Gasteiger partial charge in [-0.1, -0.05) is 258 Å². The third kappa shape index (κ3) is 41.3. The highest BCUT2D eigenvalue weighted by molar-refractivity contribution is 7.85. The summed E-state index contributed by atoms with van der Waals surface area (Å²) in [6, 6.07) is -1.14. The van der Waals surface area contributed by atoms with Crippen molar-refractivity contribution in [2.75, 3.05) is 5.75 Å². The maximum atomic E-state index is 12.7. The van der Waals surface area contributed by atoms with E-state index in [1.165, 1.54) is 199 Å². The number of unbranched alkanes of at least 4 members (excludes halogenated alkanes) is 36. The van der Waals surface area contributed by atoms with Gasteiger partial charge < -0.3 is 15.5 Å². The molecule has 0 heterocycles. The maximum absolute atomic E-state index is 12.7. The topological polar surface area (TPSA) is 124 Å². The Morgan fingerprint density at radius 2 is 0.655 bits per heavy atom. The molecule has 55 heavy (non-hydrogen) atoms. The summed E-state index contributed by atoms with van der Waals surface area (Å²) in [5.41, 5.74) is 0. The number of carbonyl (C=O) groups is 1. The van der Waals surface area contributed by atoms with Crippen molar-refractivity contribution in [3.63, 3.8) is 0 Å². The molecule has 0 aromatic carbocycles. The Morgan fingerprint density at radius 1 is 0.418 bits per heavy atom. The van der Waals surface area contributed by atoms with Crippen LogP contribution in [0.1, 0.15) is 271 Å². The maximum Gasteiger partial charge on any atom is 0.266 e. The van der Waals surface area contributed by atoms with E-state index in [1.54, 1.807) is 0 Å². The zero-order valence-electron chi connectivity index (χ0n) is 36.7. The van der Waals surface area contributed by atoms with E-state index >= 15 is 0 Å². The van der Waals surface area contributed by atoms with E-state index in [4.69, 9.17) is 0 Å². The molecule has 0 rings (SSSR count). The highest BCUT2D eigenvalue weighted by atomic mass is 32.2. The van der Waals surface area contributed by atoms with E-state index in [0.29, 0.717) is 12.8 Å². The Bertz CT molecular complexity index is 900. The lowest BCUT2D eigenvalue weighted by molar-refractivity contribution is -0.131. The van der Waals surface area contributed by atoms with E-state index in [9.17, 15) is 28.0 Å². The van der Waals surface area contributed by atoms with Gasteiger partial charge in [0.05, 0.1) is 17.9 Å². The fourth-order valence-electron chi connectivity index (χ4n) is 7.94. The molecule has 0 saturated heterocycles. The predicted molar refractivity (Wildman–Crippen MR) is 236 cm³/mol. The van der Waals surface area contributed by atoms with Crippen molar-refractivity contribution in [3.8, 4) is 0 Å². The first kappa shape index (κ1) is 54.3. The summed E-state index contributed by atoms with van der Waals surface area (Å²) in [5, 5.41) is 23.7. The van der Waals surface area contributed by atoms with Crippen LogP contribution in [0.15, 0.2) is 0 Å². The smallest absolute Gasteiger partial charge is 0.266 e. The lowest BCUT2D eigenvalue weighted by atomic mass is 10.0. The van der Waals surface area contributed by atoms with Crippen molar-refractivity contribution >= 4 is 16.0 Å². The Kier molecular flexibility index (Phi) is 40.9. The zero-order valence-corrected chi connectivity index (χ0v) is 37.5. The molecule has 0 radical (unpaired) electrons. The van der Waals surface area contributed by atoms with Gasteiger partial charge in [-0.15, -0.1) is 0 Å². The summed E-state index contributed by atoms with van der Waals surface area (Å²) in [5.74, 6) is -1.44. The molecular formula is C47H95NO6S. The van der Waals surface area contributed by atoms with Crippen molar-refractivity contribution in [1.82, 2.24) is 5.32 Å². The van der Waals surface area contributed by atoms with Gasteiger partial charge in [-0.2, -0.15) is 8.42 Å². The summed E-state index contributed by atoms with van der Waals surface area (Å²) in [6.07, 6.45) is 47.0. The minimum Gasteiger partial charge on any atom is -0.391 e. The number of aliphatic hydroxyl groups excluding tert-OH is 2. The summed E-state index contributed by atoms with van der Waals surface area (Å²) in [7, 11) is -4.41. The quantitative estimate of drug-likeness (QED) is 0.0359. The minimum atomic E-state index is -4.41. The molecule has 3 unspecified atom stereocenters. The van der Waals surface area contributed by atoms with Crippen LogP contribution in [0.3, 0.4) is 0 Å². The average molecular weight is 802 g/mol. The summed E-state index contributed by atoms with van der Waals surface area (Å²) in [4.78, 5) is 12.7. The summed E-state index contributed by atoms with van der Waals surface area (Å²) >= 11 is 0. The monoisotopic (exact) mass is 802 g/mol.